The van der Waals surface area contributed by atoms with Crippen molar-refractivity contribution in [1.82, 2.24) is 14.1 Å². The standard InChI is InChI=1S/C26H20IN3O2/c1-29-16-17(21-8-3-4-9-24(21)29)10-13-25-28-23-12-11-18(27)14-22(23)26(31)30(25)19-6-5-7-20(15-19)32-2/h3-16H,1-2H3. The van der Waals surface area contributed by atoms with Crippen LogP contribution in [0.2, 0.25) is 0 Å². The Morgan fingerprint density at radius 2 is 1.81 bits per heavy atom. The van der Waals surface area contributed by atoms with Crippen LogP contribution < -0.4 is 10.3 Å². The van der Waals surface area contributed by atoms with E-state index in [1.165, 1.54) is 0 Å². The lowest BCUT2D eigenvalue weighted by atomic mass is 10.1. The fourth-order valence-corrected chi connectivity index (χ4v) is 4.45. The van der Waals surface area contributed by atoms with Crippen molar-refractivity contribution in [2.24, 2.45) is 7.05 Å². The average Bonchev–Trinajstić information content (AvgIpc) is 3.14. The Labute approximate surface area is 198 Å². The maximum atomic E-state index is 13.6. The number of fused-ring (bicyclic) bond motifs is 2. The Morgan fingerprint density at radius 3 is 2.66 bits per heavy atom. The molecule has 0 radical (unpaired) electrons. The molecule has 2 heterocycles. The first-order valence-electron chi connectivity index (χ1n) is 10.1. The van der Waals surface area contributed by atoms with Gasteiger partial charge in [0, 0.05) is 39.3 Å². The Hall–Kier alpha value is -3.39. The van der Waals surface area contributed by atoms with Crippen LogP contribution >= 0.6 is 22.6 Å². The van der Waals surface area contributed by atoms with E-state index in [1.807, 2.05) is 73.8 Å². The molecule has 0 N–H and O–H groups in total. The third kappa shape index (κ3) is 3.60. The number of ether oxygens (including phenoxy) is 1. The lowest BCUT2D eigenvalue weighted by Gasteiger charge is -2.12. The highest BCUT2D eigenvalue weighted by molar-refractivity contribution is 14.1. The monoisotopic (exact) mass is 533 g/mol. The molecule has 0 aliphatic rings. The van der Waals surface area contributed by atoms with Crippen molar-refractivity contribution >= 4 is 56.5 Å². The highest BCUT2D eigenvalue weighted by Gasteiger charge is 2.13. The second kappa shape index (κ2) is 8.27. The molecule has 0 saturated carbocycles. The molecule has 0 aliphatic heterocycles. The lowest BCUT2D eigenvalue weighted by molar-refractivity contribution is 0.414. The maximum Gasteiger partial charge on any atom is 0.266 e. The summed E-state index contributed by atoms with van der Waals surface area (Å²) in [7, 11) is 3.64. The Kier molecular flexibility index (Phi) is 5.30. The van der Waals surface area contributed by atoms with Crippen molar-refractivity contribution in [1.29, 1.82) is 0 Å². The van der Waals surface area contributed by atoms with Gasteiger partial charge in [-0.25, -0.2) is 4.98 Å². The van der Waals surface area contributed by atoms with E-state index in [-0.39, 0.29) is 5.56 Å². The largest absolute Gasteiger partial charge is 0.497 e. The lowest BCUT2D eigenvalue weighted by Crippen LogP contribution is -2.22. The Morgan fingerprint density at radius 1 is 0.969 bits per heavy atom. The van der Waals surface area contributed by atoms with E-state index in [0.29, 0.717) is 28.2 Å². The van der Waals surface area contributed by atoms with Gasteiger partial charge in [0.2, 0.25) is 0 Å². The van der Waals surface area contributed by atoms with Gasteiger partial charge in [0.1, 0.15) is 11.6 Å². The van der Waals surface area contributed by atoms with Crippen molar-refractivity contribution in [3.63, 3.8) is 0 Å². The summed E-state index contributed by atoms with van der Waals surface area (Å²) in [6, 6.07) is 21.4. The minimum absolute atomic E-state index is 0.112. The van der Waals surface area contributed by atoms with Crippen molar-refractivity contribution in [3.8, 4) is 11.4 Å². The molecule has 0 saturated heterocycles. The van der Waals surface area contributed by atoms with Crippen molar-refractivity contribution in [2.45, 2.75) is 0 Å². The molecule has 5 aromatic rings. The normalized spacial score (nSPS) is 11.6. The number of nitrogens with zero attached hydrogens (tertiary/aromatic N) is 3. The van der Waals surface area contributed by atoms with Gasteiger partial charge in [-0.2, -0.15) is 0 Å². The number of aromatic nitrogens is 3. The second-order valence-corrected chi connectivity index (χ2v) is 8.76. The number of halogens is 1. The highest BCUT2D eigenvalue weighted by Crippen LogP contribution is 2.24. The average molecular weight is 533 g/mol. The fourth-order valence-electron chi connectivity index (χ4n) is 3.96. The molecule has 0 aliphatic carbocycles. The zero-order valence-electron chi connectivity index (χ0n) is 17.6. The first-order valence-corrected chi connectivity index (χ1v) is 11.2. The Bertz CT molecular complexity index is 1560. The third-order valence-electron chi connectivity index (χ3n) is 5.51. The summed E-state index contributed by atoms with van der Waals surface area (Å²) >= 11 is 2.21. The van der Waals surface area contributed by atoms with Gasteiger partial charge in [0.05, 0.1) is 23.7 Å². The van der Waals surface area contributed by atoms with E-state index in [9.17, 15) is 4.79 Å². The molecule has 5 rings (SSSR count). The van der Waals surface area contributed by atoms with Gasteiger partial charge in [-0.3, -0.25) is 9.36 Å². The van der Waals surface area contributed by atoms with E-state index in [4.69, 9.17) is 9.72 Å². The molecule has 158 valence electrons. The summed E-state index contributed by atoms with van der Waals surface area (Å²) in [6.07, 6.45) is 6.00. The molecule has 0 amide bonds. The molecule has 3 aromatic carbocycles. The van der Waals surface area contributed by atoms with Crippen LogP contribution in [-0.2, 0) is 7.05 Å². The quantitative estimate of drug-likeness (QED) is 0.280. The van der Waals surface area contributed by atoms with Crippen LogP contribution in [0.15, 0.2) is 77.7 Å². The van der Waals surface area contributed by atoms with Gasteiger partial charge < -0.3 is 9.30 Å². The molecule has 0 atom stereocenters. The van der Waals surface area contributed by atoms with E-state index >= 15 is 0 Å². The van der Waals surface area contributed by atoms with E-state index < -0.39 is 0 Å². The highest BCUT2D eigenvalue weighted by atomic mass is 127. The van der Waals surface area contributed by atoms with Gasteiger partial charge in [-0.1, -0.05) is 24.3 Å². The molecule has 0 spiro atoms. The number of rotatable bonds is 4. The third-order valence-corrected chi connectivity index (χ3v) is 6.18. The summed E-state index contributed by atoms with van der Waals surface area (Å²) in [4.78, 5) is 18.4. The molecular formula is C26H20IN3O2. The molecule has 0 fully saturated rings. The Balaban J connectivity index is 1.75. The molecule has 2 aromatic heterocycles. The molecule has 0 unspecified atom stereocenters. The van der Waals surface area contributed by atoms with Crippen LogP contribution in [0.3, 0.4) is 0 Å². The summed E-state index contributed by atoms with van der Waals surface area (Å²) in [6.45, 7) is 0. The summed E-state index contributed by atoms with van der Waals surface area (Å²) in [5.41, 5.74) is 3.49. The number of hydrogen-bond acceptors (Lipinski definition) is 3. The van der Waals surface area contributed by atoms with Crippen molar-refractivity contribution < 1.29 is 4.74 Å². The van der Waals surface area contributed by atoms with E-state index in [1.54, 1.807) is 11.7 Å². The molecule has 6 heteroatoms. The summed E-state index contributed by atoms with van der Waals surface area (Å²) in [5.74, 6) is 1.24. The zero-order chi connectivity index (χ0) is 22.2. The van der Waals surface area contributed by atoms with Crippen molar-refractivity contribution in [2.75, 3.05) is 7.11 Å². The summed E-state index contributed by atoms with van der Waals surface area (Å²) < 4.78 is 10.1. The van der Waals surface area contributed by atoms with Gasteiger partial charge in [-0.15, -0.1) is 0 Å². The number of methoxy groups -OCH3 is 1. The molecule has 0 bridgehead atoms. The zero-order valence-corrected chi connectivity index (χ0v) is 19.8. The summed E-state index contributed by atoms with van der Waals surface area (Å²) in [5, 5.41) is 1.74. The first kappa shape index (κ1) is 20.5. The minimum atomic E-state index is -0.112. The van der Waals surface area contributed by atoms with E-state index in [0.717, 1.165) is 20.0 Å². The van der Waals surface area contributed by atoms with Gasteiger partial charge in [0.25, 0.3) is 5.56 Å². The number of hydrogen-bond donors (Lipinski definition) is 0. The van der Waals surface area contributed by atoms with Crippen molar-refractivity contribution in [3.05, 3.63) is 98.2 Å². The predicted octanol–water partition coefficient (Wildman–Crippen LogP) is 5.66. The van der Waals surface area contributed by atoms with Crippen LogP contribution in [-0.4, -0.2) is 21.2 Å². The minimum Gasteiger partial charge on any atom is -0.497 e. The van der Waals surface area contributed by atoms with Gasteiger partial charge >= 0.3 is 0 Å². The van der Waals surface area contributed by atoms with Crippen LogP contribution in [0.5, 0.6) is 5.75 Å². The van der Waals surface area contributed by atoms with Crippen LogP contribution in [0.25, 0.3) is 39.6 Å². The maximum absolute atomic E-state index is 13.6. The van der Waals surface area contributed by atoms with E-state index in [2.05, 4.69) is 45.5 Å². The topological polar surface area (TPSA) is 49.0 Å². The van der Waals surface area contributed by atoms with Crippen LogP contribution in [0.4, 0.5) is 0 Å². The predicted molar refractivity (Wildman–Crippen MR) is 138 cm³/mol. The second-order valence-electron chi connectivity index (χ2n) is 7.52. The molecule has 5 nitrogen and oxygen atoms in total. The number of benzene rings is 3. The first-order chi connectivity index (χ1) is 15.5. The number of aryl methyl sites for hydroxylation is 1. The van der Waals surface area contributed by atoms with Crippen LogP contribution in [0, 0.1) is 3.57 Å². The smallest absolute Gasteiger partial charge is 0.266 e. The fraction of sp³-hybridized carbons (Fsp3) is 0.0769. The molecule has 32 heavy (non-hydrogen) atoms. The number of para-hydroxylation sites is 1. The van der Waals surface area contributed by atoms with Crippen LogP contribution in [0.1, 0.15) is 11.4 Å². The SMILES string of the molecule is COc1cccc(-n2c(C=Cc3cn(C)c4ccccc34)nc3ccc(I)cc3c2=O)c1. The molecular weight excluding hydrogens is 513 g/mol. The van der Waals surface area contributed by atoms with Gasteiger partial charge in [-0.05, 0) is 71.1 Å². The van der Waals surface area contributed by atoms with Gasteiger partial charge in [0.15, 0.2) is 0 Å².